The van der Waals surface area contributed by atoms with Crippen LogP contribution in [-0.2, 0) is 14.4 Å². The van der Waals surface area contributed by atoms with Crippen LogP contribution >= 0.6 is 23.4 Å². The highest BCUT2D eigenvalue weighted by Crippen LogP contribution is 2.34. The van der Waals surface area contributed by atoms with Crippen molar-refractivity contribution in [2.45, 2.75) is 13.3 Å². The van der Waals surface area contributed by atoms with E-state index in [0.29, 0.717) is 5.02 Å². The topological polar surface area (TPSA) is 51.1 Å². The summed E-state index contributed by atoms with van der Waals surface area (Å²) < 4.78 is 4.78. The molecule has 1 aliphatic rings. The second kappa shape index (κ2) is 7.38. The summed E-state index contributed by atoms with van der Waals surface area (Å²) >= 11 is 7.56. The molecule has 21 heavy (non-hydrogen) atoms. The third-order valence-electron chi connectivity index (χ3n) is 2.81. The standard InChI is InChI=1S/C14H15ClN2O3S/c1-10-5-11(15)3-4-13(10)17-7-12(21-9-17)6-14(18)20-8-16-19-2/h3-5,7-8H,6,9H2,1-2H3. The third kappa shape index (κ3) is 4.41. The lowest BCUT2D eigenvalue weighted by Gasteiger charge is -2.17. The van der Waals surface area contributed by atoms with Gasteiger partial charge in [-0.05, 0) is 30.7 Å². The molecule has 0 spiro atoms. The van der Waals surface area contributed by atoms with Crippen LogP contribution in [-0.4, -0.2) is 25.4 Å². The zero-order chi connectivity index (χ0) is 15.2. The molecule has 0 N–H and O–H groups in total. The molecule has 0 radical (unpaired) electrons. The van der Waals surface area contributed by atoms with Crippen molar-refractivity contribution >= 4 is 41.4 Å². The van der Waals surface area contributed by atoms with Crippen molar-refractivity contribution in [3.8, 4) is 0 Å². The molecule has 2 rings (SSSR count). The Morgan fingerprint density at radius 1 is 1.57 bits per heavy atom. The number of ether oxygens (including phenoxy) is 1. The molecule has 7 heteroatoms. The van der Waals surface area contributed by atoms with Gasteiger partial charge in [-0.1, -0.05) is 16.8 Å². The van der Waals surface area contributed by atoms with E-state index in [9.17, 15) is 4.79 Å². The largest absolute Gasteiger partial charge is 0.411 e. The molecule has 1 aromatic rings. The minimum absolute atomic E-state index is 0.212. The average molecular weight is 327 g/mol. The Morgan fingerprint density at radius 2 is 2.38 bits per heavy atom. The monoisotopic (exact) mass is 326 g/mol. The molecule has 0 saturated carbocycles. The van der Waals surface area contributed by atoms with Gasteiger partial charge in [0, 0.05) is 21.8 Å². The maximum absolute atomic E-state index is 11.6. The maximum atomic E-state index is 11.6. The minimum atomic E-state index is -0.371. The number of hydrogen-bond donors (Lipinski definition) is 0. The van der Waals surface area contributed by atoms with Crippen molar-refractivity contribution in [2.24, 2.45) is 5.16 Å². The molecule has 0 amide bonds. The second-order valence-corrected chi connectivity index (χ2v) is 5.84. The number of carbonyl (C=O) groups excluding carboxylic acids is 1. The van der Waals surface area contributed by atoms with Crippen LogP contribution in [0, 0.1) is 6.92 Å². The van der Waals surface area contributed by atoms with Crippen LogP contribution in [0.15, 0.2) is 34.5 Å². The first kappa shape index (κ1) is 15.7. The predicted octanol–water partition coefficient (Wildman–Crippen LogP) is 3.52. The van der Waals surface area contributed by atoms with Gasteiger partial charge in [-0.15, -0.1) is 11.8 Å². The van der Waals surface area contributed by atoms with Crippen LogP contribution in [0.25, 0.3) is 0 Å². The summed E-state index contributed by atoms with van der Waals surface area (Å²) in [5.74, 6) is 0.390. The van der Waals surface area contributed by atoms with Gasteiger partial charge in [-0.25, -0.2) is 0 Å². The van der Waals surface area contributed by atoms with Crippen molar-refractivity contribution in [2.75, 3.05) is 17.9 Å². The molecular formula is C14H15ClN2O3S. The first-order valence-corrected chi connectivity index (χ1v) is 7.57. The smallest absolute Gasteiger partial charge is 0.317 e. The number of hydrogen-bond acceptors (Lipinski definition) is 6. The number of carbonyl (C=O) groups is 1. The molecule has 0 aromatic heterocycles. The summed E-state index contributed by atoms with van der Waals surface area (Å²) in [7, 11) is 1.38. The summed E-state index contributed by atoms with van der Waals surface area (Å²) in [6.45, 7) is 2.01. The Kier molecular flexibility index (Phi) is 5.52. The zero-order valence-electron chi connectivity index (χ0n) is 11.7. The zero-order valence-corrected chi connectivity index (χ0v) is 13.3. The van der Waals surface area contributed by atoms with Crippen LogP contribution < -0.4 is 4.90 Å². The summed E-state index contributed by atoms with van der Waals surface area (Å²) in [6.07, 6.45) is 3.16. The van der Waals surface area contributed by atoms with E-state index in [0.717, 1.165) is 28.4 Å². The Morgan fingerprint density at radius 3 is 3.10 bits per heavy atom. The van der Waals surface area contributed by atoms with Gasteiger partial charge >= 0.3 is 5.97 Å². The number of nitrogens with zero attached hydrogens (tertiary/aromatic N) is 2. The van der Waals surface area contributed by atoms with Crippen molar-refractivity contribution in [3.05, 3.63) is 39.9 Å². The number of benzene rings is 1. The fraction of sp³-hybridized carbons (Fsp3) is 0.286. The lowest BCUT2D eigenvalue weighted by atomic mass is 10.2. The fourth-order valence-electron chi connectivity index (χ4n) is 1.88. The second-order valence-electron chi connectivity index (χ2n) is 4.33. The average Bonchev–Trinajstić information content (AvgIpc) is 2.87. The molecule has 0 unspecified atom stereocenters. The van der Waals surface area contributed by atoms with Crippen molar-refractivity contribution < 1.29 is 14.4 Å². The molecule has 1 heterocycles. The normalized spacial score (nSPS) is 14.4. The summed E-state index contributed by atoms with van der Waals surface area (Å²) in [4.78, 5) is 19.0. The molecule has 0 bridgehead atoms. The van der Waals surface area contributed by atoms with Crippen molar-refractivity contribution in [3.63, 3.8) is 0 Å². The third-order valence-corrected chi connectivity index (χ3v) is 4.07. The van der Waals surface area contributed by atoms with Gasteiger partial charge in [0.1, 0.15) is 7.11 Å². The van der Waals surface area contributed by atoms with Crippen LogP contribution in [0.3, 0.4) is 0 Å². The quantitative estimate of drug-likeness (QED) is 0.358. The molecule has 0 aliphatic carbocycles. The van der Waals surface area contributed by atoms with Gasteiger partial charge in [-0.2, -0.15) is 0 Å². The van der Waals surface area contributed by atoms with Gasteiger partial charge in [-0.3, -0.25) is 4.79 Å². The maximum Gasteiger partial charge on any atom is 0.317 e. The van der Waals surface area contributed by atoms with Gasteiger partial charge < -0.3 is 14.5 Å². The van der Waals surface area contributed by atoms with Gasteiger partial charge in [0.15, 0.2) is 0 Å². The first-order chi connectivity index (χ1) is 10.1. The van der Waals surface area contributed by atoms with Gasteiger partial charge in [0.05, 0.1) is 12.3 Å². The lowest BCUT2D eigenvalue weighted by Crippen LogP contribution is -2.11. The van der Waals surface area contributed by atoms with Crippen LogP contribution in [0.1, 0.15) is 12.0 Å². The number of oxime groups is 1. The highest BCUT2D eigenvalue weighted by molar-refractivity contribution is 8.03. The Hall–Kier alpha value is -1.66. The van der Waals surface area contributed by atoms with E-state index in [2.05, 4.69) is 14.9 Å². The molecule has 0 saturated heterocycles. The number of halogens is 1. The minimum Gasteiger partial charge on any atom is -0.411 e. The number of aryl methyl sites for hydroxylation is 1. The number of thioether (sulfide) groups is 1. The molecule has 0 atom stereocenters. The Bertz CT molecular complexity index is 590. The van der Waals surface area contributed by atoms with E-state index < -0.39 is 0 Å². The summed E-state index contributed by atoms with van der Waals surface area (Å²) in [6, 6.07) is 5.75. The number of anilines is 1. The van der Waals surface area contributed by atoms with Gasteiger partial charge in [0.25, 0.3) is 0 Å². The molecule has 5 nitrogen and oxygen atoms in total. The van der Waals surface area contributed by atoms with E-state index >= 15 is 0 Å². The van der Waals surface area contributed by atoms with Crippen LogP contribution in [0.4, 0.5) is 5.69 Å². The highest BCUT2D eigenvalue weighted by Gasteiger charge is 2.18. The van der Waals surface area contributed by atoms with Crippen molar-refractivity contribution in [1.29, 1.82) is 0 Å². The fourth-order valence-corrected chi connectivity index (χ4v) is 3.05. The highest BCUT2D eigenvalue weighted by atomic mass is 35.5. The van der Waals surface area contributed by atoms with E-state index in [1.807, 2.05) is 31.3 Å². The molecule has 112 valence electrons. The first-order valence-electron chi connectivity index (χ1n) is 6.21. The summed E-state index contributed by atoms with van der Waals surface area (Å²) in [5.41, 5.74) is 2.17. The molecule has 0 fully saturated rings. The van der Waals surface area contributed by atoms with E-state index in [4.69, 9.17) is 16.3 Å². The van der Waals surface area contributed by atoms with Crippen LogP contribution in [0.5, 0.6) is 0 Å². The predicted molar refractivity (Wildman–Crippen MR) is 85.4 cm³/mol. The number of rotatable bonds is 5. The van der Waals surface area contributed by atoms with Crippen LogP contribution in [0.2, 0.25) is 5.02 Å². The van der Waals surface area contributed by atoms with E-state index in [1.165, 1.54) is 7.11 Å². The van der Waals surface area contributed by atoms with Gasteiger partial charge in [0.2, 0.25) is 6.40 Å². The molecule has 1 aromatic carbocycles. The van der Waals surface area contributed by atoms with E-state index in [-0.39, 0.29) is 12.4 Å². The Labute approximate surface area is 132 Å². The Balaban J connectivity index is 1.98. The lowest BCUT2D eigenvalue weighted by molar-refractivity contribution is -0.134. The van der Waals surface area contributed by atoms with E-state index in [1.54, 1.807) is 11.8 Å². The molecular weight excluding hydrogens is 312 g/mol. The number of esters is 1. The SMILES string of the molecule is CON=COC(=O)CC1=CN(c2ccc(Cl)cc2C)CS1. The van der Waals surface area contributed by atoms with Crippen molar-refractivity contribution in [1.82, 2.24) is 0 Å². The summed E-state index contributed by atoms with van der Waals surface area (Å²) in [5, 5.41) is 4.07. The molecule has 1 aliphatic heterocycles.